The molecule has 1 N–H and O–H groups in total. The highest BCUT2D eigenvalue weighted by atomic mass is 35.5. The number of nitriles is 1. The van der Waals surface area contributed by atoms with E-state index in [1.807, 2.05) is 30.3 Å². The Morgan fingerprint density at radius 3 is 2.88 bits per heavy atom. The summed E-state index contributed by atoms with van der Waals surface area (Å²) in [4.78, 5) is 0. The van der Waals surface area contributed by atoms with E-state index in [0.717, 1.165) is 10.6 Å². The molecule has 0 aliphatic carbocycles. The van der Waals surface area contributed by atoms with Crippen molar-refractivity contribution in [2.24, 2.45) is 0 Å². The van der Waals surface area contributed by atoms with Crippen molar-refractivity contribution in [3.05, 3.63) is 34.9 Å². The van der Waals surface area contributed by atoms with E-state index in [4.69, 9.17) is 21.6 Å². The molecule has 0 spiro atoms. The number of hydrogen-bond acceptors (Lipinski definition) is 3. The Hall–Kier alpha value is -1.08. The van der Waals surface area contributed by atoms with Crippen LogP contribution in [-0.2, 0) is 4.74 Å². The maximum Gasteiger partial charge on any atom is 0.141 e. The molecule has 3 nitrogen and oxygen atoms in total. The van der Waals surface area contributed by atoms with Gasteiger partial charge in [0.05, 0.1) is 12.7 Å². The van der Waals surface area contributed by atoms with Crippen molar-refractivity contribution in [3.63, 3.8) is 0 Å². The summed E-state index contributed by atoms with van der Waals surface area (Å²) in [5.41, 5.74) is 1.14. The third-order valence-corrected chi connectivity index (χ3v) is 2.69. The van der Waals surface area contributed by atoms with Gasteiger partial charge in [0.2, 0.25) is 0 Å². The molecule has 0 aliphatic rings. The Morgan fingerprint density at radius 1 is 1.47 bits per heavy atom. The van der Waals surface area contributed by atoms with Gasteiger partial charge in [0.15, 0.2) is 0 Å². The minimum absolute atomic E-state index is 0.217. The van der Waals surface area contributed by atoms with Crippen molar-refractivity contribution in [2.75, 3.05) is 13.2 Å². The first-order valence-corrected chi connectivity index (χ1v) is 6.01. The Balaban J connectivity index is 2.31. The predicted molar refractivity (Wildman–Crippen MR) is 68.9 cm³/mol. The molecule has 0 heterocycles. The van der Waals surface area contributed by atoms with E-state index in [1.54, 1.807) is 6.92 Å². The molecule has 0 bridgehead atoms. The van der Waals surface area contributed by atoms with Gasteiger partial charge in [-0.05, 0) is 31.5 Å². The molecule has 0 aliphatic heterocycles. The van der Waals surface area contributed by atoms with Gasteiger partial charge in [-0.3, -0.25) is 0 Å². The zero-order chi connectivity index (χ0) is 12.7. The van der Waals surface area contributed by atoms with Crippen molar-refractivity contribution < 1.29 is 4.74 Å². The van der Waals surface area contributed by atoms with Crippen molar-refractivity contribution in [3.8, 4) is 6.07 Å². The van der Waals surface area contributed by atoms with E-state index >= 15 is 0 Å². The van der Waals surface area contributed by atoms with Crippen LogP contribution in [0.2, 0.25) is 5.02 Å². The van der Waals surface area contributed by atoms with Crippen LogP contribution in [0.3, 0.4) is 0 Å². The molecule has 1 aromatic rings. The van der Waals surface area contributed by atoms with E-state index in [9.17, 15) is 0 Å². The second-order valence-corrected chi connectivity index (χ2v) is 4.31. The van der Waals surface area contributed by atoms with E-state index < -0.39 is 0 Å². The van der Waals surface area contributed by atoms with Crippen molar-refractivity contribution >= 4 is 11.6 Å². The lowest BCUT2D eigenvalue weighted by molar-refractivity contribution is 0.103. The van der Waals surface area contributed by atoms with E-state index in [1.165, 1.54) is 0 Å². The smallest absolute Gasteiger partial charge is 0.141 e. The lowest BCUT2D eigenvalue weighted by atomic mass is 10.1. The molecule has 92 valence electrons. The predicted octanol–water partition coefficient (Wildman–Crippen LogP) is 2.92. The summed E-state index contributed by atoms with van der Waals surface area (Å²) in [5, 5.41) is 12.6. The molecule has 1 aromatic carbocycles. The van der Waals surface area contributed by atoms with Crippen LogP contribution >= 0.6 is 11.6 Å². The zero-order valence-electron chi connectivity index (χ0n) is 10.1. The monoisotopic (exact) mass is 252 g/mol. The summed E-state index contributed by atoms with van der Waals surface area (Å²) in [6.45, 7) is 5.04. The molecular weight excluding hydrogens is 236 g/mol. The van der Waals surface area contributed by atoms with E-state index in [2.05, 4.69) is 12.2 Å². The third kappa shape index (κ3) is 5.18. The second kappa shape index (κ2) is 7.29. The van der Waals surface area contributed by atoms with Gasteiger partial charge in [-0.25, -0.2) is 0 Å². The van der Waals surface area contributed by atoms with Gasteiger partial charge in [0.25, 0.3) is 0 Å². The molecule has 2 atom stereocenters. The largest absolute Gasteiger partial charge is 0.362 e. The Bertz CT molecular complexity index is 389. The average molecular weight is 253 g/mol. The Morgan fingerprint density at radius 2 is 2.24 bits per heavy atom. The average Bonchev–Trinajstić information content (AvgIpc) is 2.34. The normalized spacial score (nSPS) is 14.0. The molecule has 4 heteroatoms. The third-order valence-electron chi connectivity index (χ3n) is 2.45. The SMILES string of the molecule is CC(C#N)OCCN[C@H](C)c1cccc(Cl)c1. The van der Waals surface area contributed by atoms with E-state index in [-0.39, 0.29) is 12.1 Å². The summed E-state index contributed by atoms with van der Waals surface area (Å²) in [6.07, 6.45) is -0.349. The zero-order valence-corrected chi connectivity index (χ0v) is 10.9. The molecular formula is C13H17ClN2O. The summed E-state index contributed by atoms with van der Waals surface area (Å²) in [7, 11) is 0. The van der Waals surface area contributed by atoms with Crippen molar-refractivity contribution in [1.29, 1.82) is 5.26 Å². The molecule has 17 heavy (non-hydrogen) atoms. The number of nitrogens with one attached hydrogen (secondary N) is 1. The summed E-state index contributed by atoms with van der Waals surface area (Å²) in [6, 6.07) is 10.0. The van der Waals surface area contributed by atoms with E-state index in [0.29, 0.717) is 13.2 Å². The number of benzene rings is 1. The minimum atomic E-state index is -0.349. The quantitative estimate of drug-likeness (QED) is 0.792. The van der Waals surface area contributed by atoms with Crippen LogP contribution < -0.4 is 5.32 Å². The number of halogens is 1. The summed E-state index contributed by atoms with van der Waals surface area (Å²) < 4.78 is 5.25. The fraction of sp³-hybridized carbons (Fsp3) is 0.462. The minimum Gasteiger partial charge on any atom is -0.362 e. The van der Waals surface area contributed by atoms with Crippen LogP contribution in [-0.4, -0.2) is 19.3 Å². The maximum atomic E-state index is 8.54. The van der Waals surface area contributed by atoms with Gasteiger partial charge in [-0.2, -0.15) is 5.26 Å². The van der Waals surface area contributed by atoms with Crippen molar-refractivity contribution in [1.82, 2.24) is 5.32 Å². The summed E-state index contributed by atoms with van der Waals surface area (Å²) >= 11 is 5.92. The standard InChI is InChI=1S/C13H17ClN2O/c1-10(9-15)17-7-6-16-11(2)12-4-3-5-13(14)8-12/h3-5,8,10-11,16H,6-7H2,1-2H3/t10?,11-/m1/s1. The summed E-state index contributed by atoms with van der Waals surface area (Å²) in [5.74, 6) is 0. The van der Waals surface area contributed by atoms with Gasteiger partial charge in [-0.15, -0.1) is 0 Å². The first-order chi connectivity index (χ1) is 8.13. The van der Waals surface area contributed by atoms with Gasteiger partial charge in [-0.1, -0.05) is 23.7 Å². The second-order valence-electron chi connectivity index (χ2n) is 3.87. The highest BCUT2D eigenvalue weighted by molar-refractivity contribution is 6.30. The molecule has 0 radical (unpaired) electrons. The molecule has 0 saturated carbocycles. The molecule has 1 rings (SSSR count). The molecule has 0 amide bonds. The van der Waals surface area contributed by atoms with Gasteiger partial charge < -0.3 is 10.1 Å². The number of ether oxygens (including phenoxy) is 1. The first kappa shape index (κ1) is 14.0. The molecule has 0 saturated heterocycles. The van der Waals surface area contributed by atoms with Gasteiger partial charge >= 0.3 is 0 Å². The van der Waals surface area contributed by atoms with Crippen molar-refractivity contribution in [2.45, 2.75) is 26.0 Å². The topological polar surface area (TPSA) is 45.0 Å². The molecule has 1 unspecified atom stereocenters. The van der Waals surface area contributed by atoms with Gasteiger partial charge in [0.1, 0.15) is 6.10 Å². The first-order valence-electron chi connectivity index (χ1n) is 5.63. The molecule has 0 fully saturated rings. The molecule has 0 aromatic heterocycles. The van der Waals surface area contributed by atoms with Crippen LogP contribution in [0.1, 0.15) is 25.5 Å². The fourth-order valence-electron chi connectivity index (χ4n) is 1.44. The highest BCUT2D eigenvalue weighted by Crippen LogP contribution is 2.16. The van der Waals surface area contributed by atoms with Crippen LogP contribution in [0.5, 0.6) is 0 Å². The van der Waals surface area contributed by atoms with Crippen LogP contribution in [0.25, 0.3) is 0 Å². The number of nitrogens with zero attached hydrogens (tertiary/aromatic N) is 1. The van der Waals surface area contributed by atoms with Gasteiger partial charge in [0, 0.05) is 17.6 Å². The van der Waals surface area contributed by atoms with Crippen LogP contribution in [0, 0.1) is 11.3 Å². The van der Waals surface area contributed by atoms with Crippen LogP contribution in [0.15, 0.2) is 24.3 Å². The number of hydrogen-bond donors (Lipinski definition) is 1. The number of rotatable bonds is 6. The Labute approximate surface area is 107 Å². The fourth-order valence-corrected chi connectivity index (χ4v) is 1.64. The van der Waals surface area contributed by atoms with Crippen LogP contribution in [0.4, 0.5) is 0 Å². The Kier molecular flexibility index (Phi) is 5.99. The maximum absolute atomic E-state index is 8.54. The highest BCUT2D eigenvalue weighted by Gasteiger charge is 2.05. The lowest BCUT2D eigenvalue weighted by Crippen LogP contribution is -2.24. The lowest BCUT2D eigenvalue weighted by Gasteiger charge is -2.15.